The van der Waals surface area contributed by atoms with Gasteiger partial charge in [-0.15, -0.1) is 0 Å². The summed E-state index contributed by atoms with van der Waals surface area (Å²) < 4.78 is 5.20. The van der Waals surface area contributed by atoms with Gasteiger partial charge in [-0.3, -0.25) is 0 Å². The van der Waals surface area contributed by atoms with Crippen LogP contribution in [-0.4, -0.2) is 7.11 Å². The lowest BCUT2D eigenvalue weighted by Gasteiger charge is -2.06. The van der Waals surface area contributed by atoms with Crippen LogP contribution in [0.3, 0.4) is 0 Å². The number of hydrogen-bond acceptors (Lipinski definition) is 1. The summed E-state index contributed by atoms with van der Waals surface area (Å²) >= 11 is 3.69. The molecule has 0 aromatic heterocycles. The van der Waals surface area contributed by atoms with Gasteiger partial charge >= 0.3 is 0 Å². The lowest BCUT2D eigenvalue weighted by molar-refractivity contribution is 0.414. The van der Waals surface area contributed by atoms with E-state index in [0.717, 1.165) is 5.75 Å². The zero-order chi connectivity index (χ0) is 9.42. The largest absolute Gasteiger partial charge is 0.497 e. The molecule has 0 bridgehead atoms. The van der Waals surface area contributed by atoms with Crippen LogP contribution in [0.5, 0.6) is 5.75 Å². The van der Waals surface area contributed by atoms with Gasteiger partial charge in [-0.2, -0.15) is 0 Å². The minimum Gasteiger partial charge on any atom is -0.497 e. The molecule has 2 atom stereocenters. The summed E-state index contributed by atoms with van der Waals surface area (Å²) in [6.07, 6.45) is 1.20. The van der Waals surface area contributed by atoms with E-state index in [-0.39, 0.29) is 0 Å². The van der Waals surface area contributed by atoms with Crippen LogP contribution in [0.4, 0.5) is 0 Å². The summed E-state index contributed by atoms with van der Waals surface area (Å²) in [7, 11) is 1.71. The zero-order valence-electron chi connectivity index (χ0n) is 7.88. The van der Waals surface area contributed by atoms with Crippen molar-refractivity contribution < 1.29 is 4.74 Å². The second kappa shape index (κ2) is 3.33. The smallest absolute Gasteiger partial charge is 0.119 e. The molecule has 0 heterocycles. The molecular formula is C11H13BrO. The highest BCUT2D eigenvalue weighted by Crippen LogP contribution is 2.45. The quantitative estimate of drug-likeness (QED) is 0.682. The molecule has 1 aromatic carbocycles. The van der Waals surface area contributed by atoms with Crippen molar-refractivity contribution in [3.63, 3.8) is 0 Å². The summed E-state index contributed by atoms with van der Waals surface area (Å²) in [4.78, 5) is 0.507. The number of hydrogen-bond donors (Lipinski definition) is 0. The van der Waals surface area contributed by atoms with E-state index in [4.69, 9.17) is 4.74 Å². The molecule has 1 aromatic rings. The second-order valence-electron chi connectivity index (χ2n) is 3.60. The van der Waals surface area contributed by atoms with Crippen molar-refractivity contribution in [1.82, 2.24) is 0 Å². The monoisotopic (exact) mass is 240 g/mol. The van der Waals surface area contributed by atoms with Crippen molar-refractivity contribution in [3.8, 4) is 5.75 Å². The van der Waals surface area contributed by atoms with E-state index < -0.39 is 0 Å². The van der Waals surface area contributed by atoms with Crippen molar-refractivity contribution in [2.24, 2.45) is 0 Å². The lowest BCUT2D eigenvalue weighted by Crippen LogP contribution is -1.88. The van der Waals surface area contributed by atoms with Crippen LogP contribution < -0.4 is 4.74 Å². The third kappa shape index (κ3) is 1.48. The zero-order valence-corrected chi connectivity index (χ0v) is 9.47. The molecule has 13 heavy (non-hydrogen) atoms. The number of rotatable bonds is 1. The van der Waals surface area contributed by atoms with Gasteiger partial charge in [0.15, 0.2) is 0 Å². The van der Waals surface area contributed by atoms with Crippen LogP contribution in [0.2, 0.25) is 0 Å². The molecule has 2 rings (SSSR count). The van der Waals surface area contributed by atoms with Crippen molar-refractivity contribution in [2.75, 3.05) is 7.11 Å². The van der Waals surface area contributed by atoms with Gasteiger partial charge in [-0.1, -0.05) is 28.9 Å². The highest BCUT2D eigenvalue weighted by atomic mass is 79.9. The molecule has 70 valence electrons. The Labute approximate surface area is 87.2 Å². The maximum absolute atomic E-state index is 5.20. The molecule has 0 aliphatic heterocycles. The van der Waals surface area contributed by atoms with Crippen LogP contribution in [0, 0.1) is 0 Å². The lowest BCUT2D eigenvalue weighted by atomic mass is 10.0. The SMILES string of the molecule is COc1ccc2c(c1)C(Br)CC2C. The van der Waals surface area contributed by atoms with E-state index in [1.165, 1.54) is 17.5 Å². The van der Waals surface area contributed by atoms with Crippen LogP contribution in [0.25, 0.3) is 0 Å². The van der Waals surface area contributed by atoms with E-state index >= 15 is 0 Å². The number of alkyl halides is 1. The van der Waals surface area contributed by atoms with Gasteiger partial charge in [-0.25, -0.2) is 0 Å². The van der Waals surface area contributed by atoms with Crippen LogP contribution in [-0.2, 0) is 0 Å². The normalized spacial score (nSPS) is 25.8. The Kier molecular flexibility index (Phi) is 2.33. The fraction of sp³-hybridized carbons (Fsp3) is 0.455. The molecule has 0 amide bonds. The molecule has 0 fully saturated rings. The summed E-state index contributed by atoms with van der Waals surface area (Å²) in [6.45, 7) is 2.27. The number of methoxy groups -OCH3 is 1. The van der Waals surface area contributed by atoms with E-state index in [2.05, 4.69) is 35.0 Å². The van der Waals surface area contributed by atoms with Gasteiger partial charge in [0.05, 0.1) is 7.11 Å². The first kappa shape index (κ1) is 9.07. The minimum absolute atomic E-state index is 0.507. The van der Waals surface area contributed by atoms with Gasteiger partial charge in [0.2, 0.25) is 0 Å². The molecule has 0 saturated carbocycles. The molecule has 0 saturated heterocycles. The molecule has 0 radical (unpaired) electrons. The van der Waals surface area contributed by atoms with Crippen LogP contribution in [0.15, 0.2) is 18.2 Å². The first-order valence-electron chi connectivity index (χ1n) is 4.54. The highest BCUT2D eigenvalue weighted by molar-refractivity contribution is 9.09. The first-order valence-corrected chi connectivity index (χ1v) is 5.46. The third-order valence-electron chi connectivity index (χ3n) is 2.72. The fourth-order valence-electron chi connectivity index (χ4n) is 1.96. The molecular weight excluding hydrogens is 228 g/mol. The Morgan fingerprint density at radius 3 is 2.85 bits per heavy atom. The van der Waals surface area contributed by atoms with E-state index in [1.807, 2.05) is 6.07 Å². The van der Waals surface area contributed by atoms with Crippen LogP contribution >= 0.6 is 15.9 Å². The number of fused-ring (bicyclic) bond motifs is 1. The van der Waals surface area contributed by atoms with Gasteiger partial charge in [0.25, 0.3) is 0 Å². The topological polar surface area (TPSA) is 9.23 Å². The van der Waals surface area contributed by atoms with E-state index in [1.54, 1.807) is 7.11 Å². The molecule has 0 spiro atoms. The predicted molar refractivity (Wildman–Crippen MR) is 57.7 cm³/mol. The summed E-state index contributed by atoms with van der Waals surface area (Å²) in [5.74, 6) is 1.63. The van der Waals surface area contributed by atoms with Crippen molar-refractivity contribution in [2.45, 2.75) is 24.1 Å². The first-order chi connectivity index (χ1) is 6.22. The maximum Gasteiger partial charge on any atom is 0.119 e. The third-order valence-corrected chi connectivity index (χ3v) is 3.59. The van der Waals surface area contributed by atoms with Gasteiger partial charge in [-0.05, 0) is 35.6 Å². The molecule has 1 nitrogen and oxygen atoms in total. The fourth-order valence-corrected chi connectivity index (χ4v) is 2.92. The Morgan fingerprint density at radius 1 is 1.38 bits per heavy atom. The van der Waals surface area contributed by atoms with Crippen molar-refractivity contribution in [1.29, 1.82) is 0 Å². The van der Waals surface area contributed by atoms with Crippen LogP contribution in [0.1, 0.15) is 35.2 Å². The Hall–Kier alpha value is -0.500. The van der Waals surface area contributed by atoms with Crippen molar-refractivity contribution in [3.05, 3.63) is 29.3 Å². The Morgan fingerprint density at radius 2 is 2.15 bits per heavy atom. The Bertz CT molecular complexity index is 322. The summed E-state index contributed by atoms with van der Waals surface area (Å²) in [5, 5.41) is 0. The van der Waals surface area contributed by atoms with Gasteiger partial charge < -0.3 is 4.74 Å². The summed E-state index contributed by atoms with van der Waals surface area (Å²) in [6, 6.07) is 6.36. The van der Waals surface area contributed by atoms with Gasteiger partial charge in [0.1, 0.15) is 5.75 Å². The number of benzene rings is 1. The van der Waals surface area contributed by atoms with Gasteiger partial charge in [0, 0.05) is 4.83 Å². The molecule has 0 N–H and O–H groups in total. The molecule has 2 heteroatoms. The number of halogens is 1. The average Bonchev–Trinajstić information content (AvgIpc) is 2.42. The maximum atomic E-state index is 5.20. The average molecular weight is 241 g/mol. The molecule has 1 aliphatic carbocycles. The molecule has 1 aliphatic rings. The predicted octanol–water partition coefficient (Wildman–Crippen LogP) is 3.64. The highest BCUT2D eigenvalue weighted by Gasteiger charge is 2.26. The standard InChI is InChI=1S/C11H13BrO/c1-7-5-11(12)10-6-8(13-2)3-4-9(7)10/h3-4,6-7,11H,5H2,1-2H3. The van der Waals surface area contributed by atoms with Crippen molar-refractivity contribution >= 4 is 15.9 Å². The van der Waals surface area contributed by atoms with E-state index in [0.29, 0.717) is 10.7 Å². The summed E-state index contributed by atoms with van der Waals surface area (Å²) in [5.41, 5.74) is 2.86. The minimum atomic E-state index is 0.507. The van der Waals surface area contributed by atoms with E-state index in [9.17, 15) is 0 Å². The Balaban J connectivity index is 2.46. The number of ether oxygens (including phenoxy) is 1. The molecule has 2 unspecified atom stereocenters. The second-order valence-corrected chi connectivity index (χ2v) is 4.70.